The predicted molar refractivity (Wildman–Crippen MR) is 110 cm³/mol. The first kappa shape index (κ1) is 18.1. The molecule has 2 aliphatic rings. The highest BCUT2D eigenvalue weighted by Gasteiger charge is 2.20. The number of likely N-dealkylation sites (N-methyl/N-ethyl adjacent to an activating group) is 1. The fourth-order valence-electron chi connectivity index (χ4n) is 4.21. The smallest absolute Gasteiger partial charge is 0.251 e. The third kappa shape index (κ3) is 4.33. The number of nitrogens with zero attached hydrogens (tertiary/aromatic N) is 2. The number of rotatable bonds is 3. The lowest BCUT2D eigenvalue weighted by Gasteiger charge is -2.34. The average Bonchev–Trinajstić information content (AvgIpc) is 2.90. The molecule has 1 N–H and O–H groups in total. The molecule has 142 valence electrons. The summed E-state index contributed by atoms with van der Waals surface area (Å²) in [7, 11) is 2.16. The van der Waals surface area contributed by atoms with Crippen LogP contribution in [0.3, 0.4) is 0 Å². The largest absolute Gasteiger partial charge is 0.369 e. The van der Waals surface area contributed by atoms with Gasteiger partial charge in [-0.25, -0.2) is 0 Å². The van der Waals surface area contributed by atoms with E-state index in [1.54, 1.807) is 0 Å². The van der Waals surface area contributed by atoms with Crippen molar-refractivity contribution < 1.29 is 4.79 Å². The molecule has 0 aromatic heterocycles. The van der Waals surface area contributed by atoms with Gasteiger partial charge in [0.2, 0.25) is 0 Å². The Bertz CT molecular complexity index is 796. The second-order valence-electron chi connectivity index (χ2n) is 7.88. The van der Waals surface area contributed by atoms with Crippen molar-refractivity contribution in [1.82, 2.24) is 10.2 Å². The second-order valence-corrected chi connectivity index (χ2v) is 7.88. The third-order valence-corrected chi connectivity index (χ3v) is 5.90. The predicted octanol–water partition coefficient (Wildman–Crippen LogP) is 3.12. The van der Waals surface area contributed by atoms with Crippen LogP contribution in [0.5, 0.6) is 0 Å². The number of carbonyl (C=O) groups excluding carboxylic acids is 1. The van der Waals surface area contributed by atoms with Crippen molar-refractivity contribution in [2.24, 2.45) is 0 Å². The maximum Gasteiger partial charge on any atom is 0.251 e. The van der Waals surface area contributed by atoms with Crippen LogP contribution in [0.25, 0.3) is 0 Å². The van der Waals surface area contributed by atoms with E-state index in [0.29, 0.717) is 0 Å². The summed E-state index contributed by atoms with van der Waals surface area (Å²) in [6, 6.07) is 16.9. The number of hydrogen-bond donors (Lipinski definition) is 1. The van der Waals surface area contributed by atoms with Gasteiger partial charge >= 0.3 is 0 Å². The van der Waals surface area contributed by atoms with Crippen LogP contribution in [0.4, 0.5) is 5.69 Å². The highest BCUT2D eigenvalue weighted by molar-refractivity contribution is 5.95. The fourth-order valence-corrected chi connectivity index (χ4v) is 4.21. The number of fused-ring (bicyclic) bond motifs is 1. The minimum atomic E-state index is 0.0513. The summed E-state index contributed by atoms with van der Waals surface area (Å²) >= 11 is 0. The molecular formula is C23H29N3O. The average molecular weight is 364 g/mol. The van der Waals surface area contributed by atoms with Crippen LogP contribution < -0.4 is 10.2 Å². The van der Waals surface area contributed by atoms with E-state index in [1.165, 1.54) is 11.1 Å². The summed E-state index contributed by atoms with van der Waals surface area (Å²) < 4.78 is 0. The minimum Gasteiger partial charge on any atom is -0.369 e. The van der Waals surface area contributed by atoms with Crippen molar-refractivity contribution in [3.63, 3.8) is 0 Å². The van der Waals surface area contributed by atoms with E-state index in [1.807, 2.05) is 18.2 Å². The zero-order valence-electron chi connectivity index (χ0n) is 16.2. The van der Waals surface area contributed by atoms with Crippen LogP contribution in [-0.4, -0.2) is 50.1 Å². The first-order valence-corrected chi connectivity index (χ1v) is 10.1. The van der Waals surface area contributed by atoms with Crippen LogP contribution in [0.1, 0.15) is 34.3 Å². The lowest BCUT2D eigenvalue weighted by atomic mass is 10.0. The second kappa shape index (κ2) is 8.13. The number of carbonyl (C=O) groups is 1. The number of anilines is 1. The Morgan fingerprint density at radius 3 is 2.59 bits per heavy atom. The van der Waals surface area contributed by atoms with E-state index in [-0.39, 0.29) is 11.9 Å². The summed E-state index contributed by atoms with van der Waals surface area (Å²) in [4.78, 5) is 17.6. The van der Waals surface area contributed by atoms with E-state index >= 15 is 0 Å². The Kier molecular flexibility index (Phi) is 5.44. The molecule has 1 atom stereocenters. The lowest BCUT2D eigenvalue weighted by Crippen LogP contribution is -2.44. The molecule has 4 rings (SSSR count). The Balaban J connectivity index is 1.43. The molecule has 0 bridgehead atoms. The highest BCUT2D eigenvalue weighted by atomic mass is 16.1. The number of nitrogens with one attached hydrogen (secondary N) is 1. The van der Waals surface area contributed by atoms with E-state index in [0.717, 1.165) is 63.1 Å². The van der Waals surface area contributed by atoms with E-state index in [2.05, 4.69) is 52.5 Å². The van der Waals surface area contributed by atoms with Gasteiger partial charge in [0.05, 0.1) is 0 Å². The maximum atomic E-state index is 12.9. The maximum absolute atomic E-state index is 12.9. The van der Waals surface area contributed by atoms with Gasteiger partial charge in [-0.15, -0.1) is 0 Å². The van der Waals surface area contributed by atoms with Gasteiger partial charge in [0.1, 0.15) is 0 Å². The van der Waals surface area contributed by atoms with Gasteiger partial charge in [0, 0.05) is 43.5 Å². The fraction of sp³-hybridized carbons (Fsp3) is 0.435. The molecule has 1 amide bonds. The van der Waals surface area contributed by atoms with Crippen LogP contribution in [0, 0.1) is 0 Å². The Morgan fingerprint density at radius 2 is 1.78 bits per heavy atom. The monoisotopic (exact) mass is 363 g/mol. The minimum absolute atomic E-state index is 0.0513. The molecule has 1 aliphatic heterocycles. The molecular weight excluding hydrogens is 334 g/mol. The van der Waals surface area contributed by atoms with Gasteiger partial charge in [0.25, 0.3) is 5.91 Å². The highest BCUT2D eigenvalue weighted by Crippen LogP contribution is 2.22. The zero-order chi connectivity index (χ0) is 18.6. The normalized spacial score (nSPS) is 20.6. The van der Waals surface area contributed by atoms with Crippen molar-refractivity contribution in [3.8, 4) is 0 Å². The molecule has 1 saturated heterocycles. The summed E-state index contributed by atoms with van der Waals surface area (Å²) in [6.45, 7) is 4.16. The lowest BCUT2D eigenvalue weighted by molar-refractivity contribution is 0.0935. The van der Waals surface area contributed by atoms with Gasteiger partial charge in [-0.3, -0.25) is 4.79 Å². The number of hydrogen-bond acceptors (Lipinski definition) is 3. The quantitative estimate of drug-likeness (QED) is 0.851. The zero-order valence-corrected chi connectivity index (χ0v) is 16.2. The Hall–Kier alpha value is -2.33. The first-order chi connectivity index (χ1) is 13.2. The molecule has 2 aromatic rings. The Labute approximate surface area is 162 Å². The summed E-state index contributed by atoms with van der Waals surface area (Å²) in [5, 5.41) is 3.29. The SMILES string of the molecule is CN1CCN(c2cccc(C(=O)NC3CCCc4ccccc4C3)c2)CC1. The van der Waals surface area contributed by atoms with E-state index in [9.17, 15) is 4.79 Å². The molecule has 1 fully saturated rings. The molecule has 1 unspecified atom stereocenters. The van der Waals surface area contributed by atoms with Crippen LogP contribution in [-0.2, 0) is 12.8 Å². The third-order valence-electron chi connectivity index (χ3n) is 5.90. The van der Waals surface area contributed by atoms with Gasteiger partial charge in [-0.2, -0.15) is 0 Å². The number of piperazine rings is 1. The summed E-state index contributed by atoms with van der Waals surface area (Å²) in [5.41, 5.74) is 4.74. The molecule has 4 nitrogen and oxygen atoms in total. The van der Waals surface area contributed by atoms with Crippen molar-refractivity contribution >= 4 is 11.6 Å². The molecule has 0 spiro atoms. The molecule has 2 aromatic carbocycles. The van der Waals surface area contributed by atoms with Crippen molar-refractivity contribution in [2.75, 3.05) is 38.1 Å². The topological polar surface area (TPSA) is 35.6 Å². The van der Waals surface area contributed by atoms with Crippen LogP contribution in [0.15, 0.2) is 48.5 Å². The van der Waals surface area contributed by atoms with Gasteiger partial charge in [0.15, 0.2) is 0 Å². The van der Waals surface area contributed by atoms with Crippen molar-refractivity contribution in [3.05, 3.63) is 65.2 Å². The summed E-state index contributed by atoms with van der Waals surface area (Å²) in [5.74, 6) is 0.0513. The number of benzene rings is 2. The van der Waals surface area contributed by atoms with Gasteiger partial charge in [-0.05, 0) is 62.1 Å². The Morgan fingerprint density at radius 1 is 1.00 bits per heavy atom. The first-order valence-electron chi connectivity index (χ1n) is 10.1. The molecule has 1 aliphatic carbocycles. The molecule has 0 radical (unpaired) electrons. The summed E-state index contributed by atoms with van der Waals surface area (Å²) in [6.07, 6.45) is 4.21. The number of aryl methyl sites for hydroxylation is 1. The molecule has 1 heterocycles. The standard InChI is InChI=1S/C23H29N3O/c1-25-12-14-26(15-13-25)22-11-5-9-20(17-22)23(27)24-21-10-4-8-18-6-2-3-7-19(18)16-21/h2-3,5-7,9,11,17,21H,4,8,10,12-16H2,1H3,(H,24,27). The van der Waals surface area contributed by atoms with E-state index < -0.39 is 0 Å². The van der Waals surface area contributed by atoms with E-state index in [4.69, 9.17) is 0 Å². The molecule has 27 heavy (non-hydrogen) atoms. The van der Waals surface area contributed by atoms with Gasteiger partial charge < -0.3 is 15.1 Å². The van der Waals surface area contributed by atoms with Crippen molar-refractivity contribution in [2.45, 2.75) is 31.7 Å². The van der Waals surface area contributed by atoms with Crippen molar-refractivity contribution in [1.29, 1.82) is 0 Å². The number of amides is 1. The molecule has 4 heteroatoms. The van der Waals surface area contributed by atoms with Gasteiger partial charge in [-0.1, -0.05) is 30.3 Å². The van der Waals surface area contributed by atoms with Crippen LogP contribution in [0.2, 0.25) is 0 Å². The molecule has 0 saturated carbocycles. The van der Waals surface area contributed by atoms with Crippen LogP contribution >= 0.6 is 0 Å².